The smallest absolute Gasteiger partial charge is 0.255 e. The van der Waals surface area contributed by atoms with Crippen LogP contribution in [0.3, 0.4) is 0 Å². The van der Waals surface area contributed by atoms with Gasteiger partial charge in [0.2, 0.25) is 20.0 Å². The van der Waals surface area contributed by atoms with Crippen molar-refractivity contribution in [2.45, 2.75) is 42.8 Å². The summed E-state index contributed by atoms with van der Waals surface area (Å²) < 4.78 is 59.7. The molecule has 0 unspecified atom stereocenters. The van der Waals surface area contributed by atoms with Crippen molar-refractivity contribution < 1.29 is 26.4 Å². The van der Waals surface area contributed by atoms with Crippen molar-refractivity contribution in [2.24, 2.45) is 0 Å². The fourth-order valence-corrected chi connectivity index (χ4v) is 7.73. The van der Waals surface area contributed by atoms with Crippen LogP contribution in [0.5, 0.6) is 5.75 Å². The van der Waals surface area contributed by atoms with Gasteiger partial charge in [0.1, 0.15) is 10.6 Å². The molecule has 2 fully saturated rings. The van der Waals surface area contributed by atoms with Crippen LogP contribution in [0.4, 0.5) is 5.69 Å². The highest BCUT2D eigenvalue weighted by molar-refractivity contribution is 7.89. The quantitative estimate of drug-likeness (QED) is 0.571. The molecule has 0 atom stereocenters. The van der Waals surface area contributed by atoms with Crippen LogP contribution in [0.25, 0.3) is 0 Å². The van der Waals surface area contributed by atoms with E-state index >= 15 is 0 Å². The van der Waals surface area contributed by atoms with Gasteiger partial charge in [-0.2, -0.15) is 4.31 Å². The molecular formula is C24H31N3O6S2. The Bertz CT molecular complexity index is 1260. The lowest BCUT2D eigenvalue weighted by molar-refractivity contribution is 0.102. The Balaban J connectivity index is 1.48. The number of amides is 1. The van der Waals surface area contributed by atoms with Gasteiger partial charge in [0, 0.05) is 37.4 Å². The zero-order valence-corrected chi connectivity index (χ0v) is 21.4. The van der Waals surface area contributed by atoms with Gasteiger partial charge in [0.25, 0.3) is 5.91 Å². The molecule has 2 aliphatic rings. The Morgan fingerprint density at radius 1 is 0.857 bits per heavy atom. The molecule has 2 heterocycles. The summed E-state index contributed by atoms with van der Waals surface area (Å²) in [4.78, 5) is 12.8. The van der Waals surface area contributed by atoms with Gasteiger partial charge in [-0.25, -0.2) is 21.1 Å². The molecule has 1 amide bonds. The number of piperidine rings is 1. The minimum Gasteiger partial charge on any atom is -0.495 e. The number of hydrogen-bond acceptors (Lipinski definition) is 6. The summed E-state index contributed by atoms with van der Waals surface area (Å²) in [6, 6.07) is 10.9. The van der Waals surface area contributed by atoms with E-state index in [4.69, 9.17) is 4.74 Å². The molecule has 0 radical (unpaired) electrons. The van der Waals surface area contributed by atoms with Crippen molar-refractivity contribution in [1.82, 2.24) is 8.61 Å². The molecule has 11 heteroatoms. The van der Waals surface area contributed by atoms with Gasteiger partial charge in [-0.1, -0.05) is 18.6 Å². The third kappa shape index (κ3) is 5.85. The van der Waals surface area contributed by atoms with Crippen LogP contribution < -0.4 is 10.1 Å². The largest absolute Gasteiger partial charge is 0.495 e. The molecule has 4 rings (SSSR count). The van der Waals surface area contributed by atoms with Crippen molar-refractivity contribution in [3.63, 3.8) is 0 Å². The number of sulfonamides is 2. The third-order valence-electron chi connectivity index (χ3n) is 6.38. The Morgan fingerprint density at radius 2 is 1.46 bits per heavy atom. The molecule has 0 aliphatic carbocycles. The molecule has 190 valence electrons. The van der Waals surface area contributed by atoms with Crippen LogP contribution in [0.1, 0.15) is 48.0 Å². The molecule has 0 saturated carbocycles. The minimum atomic E-state index is -3.76. The van der Waals surface area contributed by atoms with E-state index in [9.17, 15) is 21.6 Å². The average molecular weight is 522 g/mol. The summed E-state index contributed by atoms with van der Waals surface area (Å²) in [6.45, 7) is 2.03. The molecule has 1 N–H and O–H groups in total. The maximum absolute atomic E-state index is 13.2. The lowest BCUT2D eigenvalue weighted by atomic mass is 10.1. The van der Waals surface area contributed by atoms with E-state index in [0.717, 1.165) is 32.1 Å². The molecule has 2 saturated heterocycles. The van der Waals surface area contributed by atoms with Gasteiger partial charge in [0.15, 0.2) is 0 Å². The summed E-state index contributed by atoms with van der Waals surface area (Å²) in [7, 11) is -5.72. The van der Waals surface area contributed by atoms with E-state index < -0.39 is 26.0 Å². The number of anilines is 1. The van der Waals surface area contributed by atoms with Crippen molar-refractivity contribution in [3.8, 4) is 5.75 Å². The predicted octanol–water partition coefficient (Wildman–Crippen LogP) is 3.05. The second-order valence-corrected chi connectivity index (χ2v) is 12.7. The molecule has 2 aromatic carbocycles. The number of nitrogens with zero attached hydrogens (tertiary/aromatic N) is 2. The van der Waals surface area contributed by atoms with Crippen LogP contribution >= 0.6 is 0 Å². The molecular weight excluding hydrogens is 490 g/mol. The number of ether oxygens (including phenoxy) is 1. The number of hydrogen-bond donors (Lipinski definition) is 1. The SMILES string of the molecule is COc1ccc(NC(=O)c2ccc(CS(=O)(=O)N3CCCC3)cc2)cc1S(=O)(=O)N1CCCCC1. The van der Waals surface area contributed by atoms with Gasteiger partial charge in [-0.15, -0.1) is 0 Å². The Kier molecular flexibility index (Phi) is 7.80. The molecule has 35 heavy (non-hydrogen) atoms. The van der Waals surface area contributed by atoms with Crippen molar-refractivity contribution >= 4 is 31.6 Å². The molecule has 2 aliphatic heterocycles. The van der Waals surface area contributed by atoms with Crippen LogP contribution in [0.15, 0.2) is 47.4 Å². The molecule has 0 bridgehead atoms. The molecule has 0 aromatic heterocycles. The summed E-state index contributed by atoms with van der Waals surface area (Å²) in [5.41, 5.74) is 1.27. The summed E-state index contributed by atoms with van der Waals surface area (Å²) in [5, 5.41) is 2.73. The summed E-state index contributed by atoms with van der Waals surface area (Å²) in [6.07, 6.45) is 4.39. The van der Waals surface area contributed by atoms with E-state index in [1.807, 2.05) is 0 Å². The van der Waals surface area contributed by atoms with Crippen molar-refractivity contribution in [2.75, 3.05) is 38.6 Å². The topological polar surface area (TPSA) is 113 Å². The van der Waals surface area contributed by atoms with Crippen molar-refractivity contribution in [3.05, 3.63) is 53.6 Å². The molecule has 2 aromatic rings. The minimum absolute atomic E-state index is 0.0159. The lowest BCUT2D eigenvalue weighted by Gasteiger charge is -2.26. The molecule has 0 spiro atoms. The maximum atomic E-state index is 13.2. The van der Waals surface area contributed by atoms with Gasteiger partial charge in [-0.3, -0.25) is 4.79 Å². The fraction of sp³-hybridized carbons (Fsp3) is 0.458. The summed E-state index contributed by atoms with van der Waals surface area (Å²) in [5.74, 6) is -0.312. The third-order valence-corrected chi connectivity index (χ3v) is 10.1. The van der Waals surface area contributed by atoms with E-state index in [1.165, 1.54) is 27.9 Å². The molecule has 9 nitrogen and oxygen atoms in total. The monoisotopic (exact) mass is 521 g/mol. The normalized spacial score (nSPS) is 17.9. The van der Waals surface area contributed by atoms with Crippen molar-refractivity contribution in [1.29, 1.82) is 0 Å². The van der Waals surface area contributed by atoms with Crippen LogP contribution in [-0.2, 0) is 25.8 Å². The van der Waals surface area contributed by atoms with Crippen LogP contribution in [0, 0.1) is 0 Å². The zero-order valence-electron chi connectivity index (χ0n) is 19.8. The van der Waals surface area contributed by atoms with Crippen LogP contribution in [0.2, 0.25) is 0 Å². The first kappa shape index (κ1) is 25.6. The Morgan fingerprint density at radius 3 is 2.09 bits per heavy atom. The Hall–Kier alpha value is -2.47. The number of carbonyl (C=O) groups excluding carboxylic acids is 1. The summed E-state index contributed by atoms with van der Waals surface area (Å²) >= 11 is 0. The highest BCUT2D eigenvalue weighted by Crippen LogP contribution is 2.31. The van der Waals surface area contributed by atoms with Gasteiger partial charge >= 0.3 is 0 Å². The van der Waals surface area contributed by atoms with Gasteiger partial charge in [-0.05, 0) is 61.6 Å². The van der Waals surface area contributed by atoms with E-state index in [-0.39, 0.29) is 16.4 Å². The number of rotatable bonds is 8. The predicted molar refractivity (Wildman–Crippen MR) is 133 cm³/mol. The standard InChI is InChI=1S/C24H31N3O6S2/c1-33-22-12-11-21(17-23(22)35(31,32)27-15-3-2-4-16-27)25-24(28)20-9-7-19(8-10-20)18-34(29,30)26-13-5-6-14-26/h7-12,17H,2-6,13-16,18H2,1H3,(H,25,28). The average Bonchev–Trinajstić information content (AvgIpc) is 3.41. The highest BCUT2D eigenvalue weighted by Gasteiger charge is 2.29. The second-order valence-electron chi connectivity index (χ2n) is 8.84. The highest BCUT2D eigenvalue weighted by atomic mass is 32.2. The number of nitrogens with one attached hydrogen (secondary N) is 1. The first-order chi connectivity index (χ1) is 16.7. The maximum Gasteiger partial charge on any atom is 0.255 e. The Labute approximate surface area is 207 Å². The number of methoxy groups -OCH3 is 1. The fourth-order valence-electron chi connectivity index (χ4n) is 4.42. The van der Waals surface area contributed by atoms with E-state index in [1.54, 1.807) is 30.3 Å². The number of carbonyl (C=O) groups is 1. The number of benzene rings is 2. The lowest BCUT2D eigenvalue weighted by Crippen LogP contribution is -2.35. The van der Waals surface area contributed by atoms with Crippen LogP contribution in [-0.4, -0.2) is 64.6 Å². The zero-order chi connectivity index (χ0) is 25.1. The first-order valence-corrected chi connectivity index (χ1v) is 14.8. The second kappa shape index (κ2) is 10.7. The first-order valence-electron chi connectivity index (χ1n) is 11.8. The van der Waals surface area contributed by atoms with Gasteiger partial charge in [0.05, 0.1) is 12.9 Å². The van der Waals surface area contributed by atoms with Gasteiger partial charge < -0.3 is 10.1 Å². The van der Waals surface area contributed by atoms with E-state index in [2.05, 4.69) is 5.32 Å². The van der Waals surface area contributed by atoms with E-state index in [0.29, 0.717) is 43.0 Å².